The molecule has 0 saturated carbocycles. The molecule has 1 aromatic rings. The van der Waals surface area contributed by atoms with Crippen molar-refractivity contribution in [1.29, 1.82) is 0 Å². The summed E-state index contributed by atoms with van der Waals surface area (Å²) in [5.41, 5.74) is 0.866. The van der Waals surface area contributed by atoms with Crippen molar-refractivity contribution < 1.29 is 4.39 Å². The molecule has 5 heteroatoms. The minimum Gasteiger partial charge on any atom is -0.363 e. The van der Waals surface area contributed by atoms with Gasteiger partial charge in [-0.25, -0.2) is 9.37 Å². The molecule has 0 radical (unpaired) electrons. The Morgan fingerprint density at radius 1 is 1.43 bits per heavy atom. The average Bonchev–Trinajstić information content (AvgIpc) is 2.14. The number of hydrogen-bond donors (Lipinski definition) is 1. The van der Waals surface area contributed by atoms with Gasteiger partial charge in [0.2, 0.25) is 5.95 Å². The molecule has 0 aliphatic carbocycles. The lowest BCUT2D eigenvalue weighted by Crippen LogP contribution is -2.14. The molecule has 0 fully saturated rings. The van der Waals surface area contributed by atoms with Crippen molar-refractivity contribution >= 4 is 11.8 Å². The van der Waals surface area contributed by atoms with Gasteiger partial charge < -0.3 is 10.2 Å². The average molecular weight is 198 g/mol. The summed E-state index contributed by atoms with van der Waals surface area (Å²) in [6.45, 7) is 1.71. The van der Waals surface area contributed by atoms with Crippen LogP contribution in [0.3, 0.4) is 0 Å². The number of hydrogen-bond acceptors (Lipinski definition) is 4. The standard InChI is InChI=1S/C9H15FN4/c1-7-6-8(14(2)3)13-9(12-7)11-5-4-10/h6H,4-5H2,1-3H3,(H,11,12,13). The van der Waals surface area contributed by atoms with E-state index in [1.165, 1.54) is 0 Å². The third kappa shape index (κ3) is 2.83. The van der Waals surface area contributed by atoms with Crippen LogP contribution in [0.15, 0.2) is 6.07 Å². The van der Waals surface area contributed by atoms with E-state index in [-0.39, 0.29) is 6.54 Å². The van der Waals surface area contributed by atoms with Crippen molar-refractivity contribution in [2.45, 2.75) is 6.92 Å². The van der Waals surface area contributed by atoms with E-state index in [1.807, 2.05) is 32.0 Å². The summed E-state index contributed by atoms with van der Waals surface area (Å²) in [6.07, 6.45) is 0. The van der Waals surface area contributed by atoms with Crippen LogP contribution in [0.2, 0.25) is 0 Å². The fraction of sp³-hybridized carbons (Fsp3) is 0.556. The first-order valence-electron chi connectivity index (χ1n) is 4.46. The second kappa shape index (κ2) is 4.74. The van der Waals surface area contributed by atoms with Crippen molar-refractivity contribution in [2.75, 3.05) is 37.5 Å². The lowest BCUT2D eigenvalue weighted by Gasteiger charge is -2.13. The van der Waals surface area contributed by atoms with Gasteiger partial charge in [0, 0.05) is 32.4 Å². The summed E-state index contributed by atoms with van der Waals surface area (Å²) < 4.78 is 11.9. The smallest absolute Gasteiger partial charge is 0.224 e. The number of nitrogens with zero attached hydrogens (tertiary/aromatic N) is 3. The quantitative estimate of drug-likeness (QED) is 0.790. The Hall–Kier alpha value is -1.39. The second-order valence-corrected chi connectivity index (χ2v) is 3.20. The summed E-state index contributed by atoms with van der Waals surface area (Å²) >= 11 is 0. The summed E-state index contributed by atoms with van der Waals surface area (Å²) in [5.74, 6) is 1.30. The number of aryl methyl sites for hydroxylation is 1. The van der Waals surface area contributed by atoms with Crippen LogP contribution >= 0.6 is 0 Å². The zero-order valence-electron chi connectivity index (χ0n) is 8.71. The van der Waals surface area contributed by atoms with Crippen LogP contribution < -0.4 is 10.2 Å². The van der Waals surface area contributed by atoms with Crippen molar-refractivity contribution in [2.24, 2.45) is 0 Å². The van der Waals surface area contributed by atoms with Crippen LogP contribution in [-0.2, 0) is 0 Å². The Balaban J connectivity index is 2.84. The van der Waals surface area contributed by atoms with Gasteiger partial charge in [-0.15, -0.1) is 0 Å². The van der Waals surface area contributed by atoms with Gasteiger partial charge in [0.05, 0.1) is 0 Å². The SMILES string of the molecule is Cc1cc(N(C)C)nc(NCCF)n1. The van der Waals surface area contributed by atoms with Crippen molar-refractivity contribution in [3.05, 3.63) is 11.8 Å². The van der Waals surface area contributed by atoms with Crippen molar-refractivity contribution in [1.82, 2.24) is 9.97 Å². The Kier molecular flexibility index (Phi) is 3.62. The van der Waals surface area contributed by atoms with Gasteiger partial charge in [0.1, 0.15) is 12.5 Å². The largest absolute Gasteiger partial charge is 0.363 e. The Labute approximate surface area is 83.2 Å². The summed E-state index contributed by atoms with van der Waals surface area (Å²) in [7, 11) is 3.81. The summed E-state index contributed by atoms with van der Waals surface area (Å²) in [4.78, 5) is 10.2. The van der Waals surface area contributed by atoms with Gasteiger partial charge in [0.25, 0.3) is 0 Å². The summed E-state index contributed by atoms with van der Waals surface area (Å²) in [6, 6.07) is 1.88. The first-order valence-corrected chi connectivity index (χ1v) is 4.46. The Morgan fingerprint density at radius 2 is 2.14 bits per heavy atom. The second-order valence-electron chi connectivity index (χ2n) is 3.20. The fourth-order valence-corrected chi connectivity index (χ4v) is 1.02. The third-order valence-corrected chi connectivity index (χ3v) is 1.68. The predicted molar refractivity (Wildman–Crippen MR) is 55.6 cm³/mol. The van der Waals surface area contributed by atoms with Crippen LogP contribution in [0.25, 0.3) is 0 Å². The molecule has 0 aliphatic rings. The first-order chi connectivity index (χ1) is 6.63. The molecule has 0 aliphatic heterocycles. The van der Waals surface area contributed by atoms with Crippen LogP contribution in [-0.4, -0.2) is 37.3 Å². The van der Waals surface area contributed by atoms with E-state index >= 15 is 0 Å². The zero-order chi connectivity index (χ0) is 10.6. The molecule has 0 unspecified atom stereocenters. The molecule has 78 valence electrons. The molecule has 0 spiro atoms. The fourth-order valence-electron chi connectivity index (χ4n) is 1.02. The molecule has 0 aromatic carbocycles. The van der Waals surface area contributed by atoms with E-state index in [1.54, 1.807) is 0 Å². The Bertz CT molecular complexity index is 301. The summed E-state index contributed by atoms with van der Waals surface area (Å²) in [5, 5.41) is 2.81. The van der Waals surface area contributed by atoms with Crippen LogP contribution in [0, 0.1) is 6.92 Å². The van der Waals surface area contributed by atoms with Gasteiger partial charge >= 0.3 is 0 Å². The van der Waals surface area contributed by atoms with Gasteiger partial charge in [-0.1, -0.05) is 0 Å². The molecule has 1 N–H and O–H groups in total. The van der Waals surface area contributed by atoms with Crippen molar-refractivity contribution in [3.63, 3.8) is 0 Å². The molecule has 1 rings (SSSR count). The van der Waals surface area contributed by atoms with Gasteiger partial charge in [-0.3, -0.25) is 0 Å². The first kappa shape index (κ1) is 10.7. The number of alkyl halides is 1. The zero-order valence-corrected chi connectivity index (χ0v) is 8.71. The number of rotatable bonds is 4. The van der Waals surface area contributed by atoms with E-state index < -0.39 is 6.67 Å². The normalized spacial score (nSPS) is 10.0. The molecule has 0 saturated heterocycles. The maximum atomic E-state index is 11.9. The highest BCUT2D eigenvalue weighted by atomic mass is 19.1. The molecule has 0 amide bonds. The molecule has 0 atom stereocenters. The highest BCUT2D eigenvalue weighted by molar-refractivity contribution is 5.43. The monoisotopic (exact) mass is 198 g/mol. The van der Waals surface area contributed by atoms with Crippen LogP contribution in [0.4, 0.5) is 16.2 Å². The van der Waals surface area contributed by atoms with E-state index in [0.717, 1.165) is 11.5 Å². The molecule has 4 nitrogen and oxygen atoms in total. The minimum absolute atomic E-state index is 0.246. The van der Waals surface area contributed by atoms with Crippen LogP contribution in [0.1, 0.15) is 5.69 Å². The highest BCUT2D eigenvalue weighted by Gasteiger charge is 2.02. The maximum Gasteiger partial charge on any atom is 0.224 e. The van der Waals surface area contributed by atoms with Gasteiger partial charge in [-0.05, 0) is 6.92 Å². The molecular weight excluding hydrogens is 183 g/mol. The molecule has 0 bridgehead atoms. The minimum atomic E-state index is -0.422. The Morgan fingerprint density at radius 3 is 2.71 bits per heavy atom. The van der Waals surface area contributed by atoms with Gasteiger partial charge in [-0.2, -0.15) is 4.98 Å². The van der Waals surface area contributed by atoms with E-state index in [2.05, 4.69) is 15.3 Å². The molecule has 1 aromatic heterocycles. The van der Waals surface area contributed by atoms with Crippen molar-refractivity contribution in [3.8, 4) is 0 Å². The van der Waals surface area contributed by atoms with E-state index in [4.69, 9.17) is 0 Å². The molecule has 14 heavy (non-hydrogen) atoms. The van der Waals surface area contributed by atoms with E-state index in [0.29, 0.717) is 5.95 Å². The van der Waals surface area contributed by atoms with E-state index in [9.17, 15) is 4.39 Å². The third-order valence-electron chi connectivity index (χ3n) is 1.68. The number of anilines is 2. The maximum absolute atomic E-state index is 11.9. The lowest BCUT2D eigenvalue weighted by atomic mass is 10.4. The van der Waals surface area contributed by atoms with Crippen LogP contribution in [0.5, 0.6) is 0 Å². The number of nitrogens with one attached hydrogen (secondary N) is 1. The number of aromatic nitrogens is 2. The highest BCUT2D eigenvalue weighted by Crippen LogP contribution is 2.11. The topological polar surface area (TPSA) is 41.1 Å². The molecular formula is C9H15FN4. The lowest BCUT2D eigenvalue weighted by molar-refractivity contribution is 0.512. The predicted octanol–water partition coefficient (Wildman–Crippen LogP) is 1.23. The molecule has 1 heterocycles. The number of halogens is 1. The van der Waals surface area contributed by atoms with Gasteiger partial charge in [0.15, 0.2) is 0 Å².